The van der Waals surface area contributed by atoms with Crippen LogP contribution in [0.15, 0.2) is 23.7 Å². The molecule has 0 saturated carbocycles. The van der Waals surface area contributed by atoms with E-state index >= 15 is 0 Å². The third kappa shape index (κ3) is 2.74. The summed E-state index contributed by atoms with van der Waals surface area (Å²) in [4.78, 5) is 24.6. The molecule has 2 aromatic heterocycles. The summed E-state index contributed by atoms with van der Waals surface area (Å²) in [7, 11) is 1.90. The van der Waals surface area contributed by atoms with Gasteiger partial charge in [0.25, 0.3) is 5.91 Å². The van der Waals surface area contributed by atoms with E-state index in [4.69, 9.17) is 0 Å². The fourth-order valence-corrected chi connectivity index (χ4v) is 3.60. The van der Waals surface area contributed by atoms with Gasteiger partial charge in [-0.3, -0.25) is 19.6 Å². The highest BCUT2D eigenvalue weighted by Gasteiger charge is 2.28. The summed E-state index contributed by atoms with van der Waals surface area (Å²) in [5.41, 5.74) is 1.52. The van der Waals surface area contributed by atoms with Gasteiger partial charge < -0.3 is 4.90 Å². The molecule has 2 aromatic rings. The summed E-state index contributed by atoms with van der Waals surface area (Å²) in [6.45, 7) is 1.32. The first kappa shape index (κ1) is 14.7. The number of carbonyl (C=O) groups is 1. The van der Waals surface area contributed by atoms with Gasteiger partial charge in [0.2, 0.25) is 0 Å². The van der Waals surface area contributed by atoms with E-state index in [9.17, 15) is 14.9 Å². The Kier molecular flexibility index (Phi) is 3.93. The van der Waals surface area contributed by atoms with Gasteiger partial charge in [0.1, 0.15) is 0 Å². The molecule has 0 N–H and O–H groups in total. The maximum Gasteiger partial charge on any atom is 0.324 e. The average Bonchev–Trinajstić information content (AvgIpc) is 3.15. The molecule has 1 atom stereocenters. The van der Waals surface area contributed by atoms with Crippen molar-refractivity contribution < 1.29 is 9.72 Å². The van der Waals surface area contributed by atoms with Crippen molar-refractivity contribution in [2.24, 2.45) is 7.05 Å². The lowest BCUT2D eigenvalue weighted by Crippen LogP contribution is -2.39. The van der Waals surface area contributed by atoms with Gasteiger partial charge in [-0.15, -0.1) is 0 Å². The maximum atomic E-state index is 12.5. The molecule has 0 aromatic carbocycles. The zero-order valence-corrected chi connectivity index (χ0v) is 13.0. The number of hydrogen-bond acceptors (Lipinski definition) is 5. The monoisotopic (exact) mass is 320 g/mol. The predicted octanol–water partition coefficient (Wildman–Crippen LogP) is 2.41. The second kappa shape index (κ2) is 5.88. The Hall–Kier alpha value is -2.22. The van der Waals surface area contributed by atoms with Gasteiger partial charge in [0.05, 0.1) is 10.5 Å². The van der Waals surface area contributed by atoms with Crippen LogP contribution in [0.4, 0.5) is 5.00 Å². The molecule has 1 fully saturated rings. The van der Waals surface area contributed by atoms with Crippen LogP contribution in [-0.4, -0.2) is 38.6 Å². The fourth-order valence-electron chi connectivity index (χ4n) is 2.90. The third-order valence-corrected chi connectivity index (χ3v) is 4.88. The van der Waals surface area contributed by atoms with E-state index in [1.54, 1.807) is 16.5 Å². The Bertz CT molecular complexity index is 709. The second-order valence-electron chi connectivity index (χ2n) is 5.40. The molecule has 3 rings (SSSR count). The lowest BCUT2D eigenvalue weighted by Gasteiger charge is -2.32. The zero-order valence-electron chi connectivity index (χ0n) is 12.1. The Labute approximate surface area is 131 Å². The number of thiophene rings is 1. The van der Waals surface area contributed by atoms with Crippen LogP contribution in [0, 0.1) is 10.1 Å². The number of hydrogen-bond donors (Lipinski definition) is 0. The Balaban J connectivity index is 1.75. The van der Waals surface area contributed by atoms with Gasteiger partial charge in [0, 0.05) is 49.4 Å². The van der Waals surface area contributed by atoms with Crippen molar-refractivity contribution in [2.45, 2.75) is 18.8 Å². The quantitative estimate of drug-likeness (QED) is 0.642. The van der Waals surface area contributed by atoms with Crippen molar-refractivity contribution in [3.63, 3.8) is 0 Å². The Morgan fingerprint density at radius 2 is 2.36 bits per heavy atom. The van der Waals surface area contributed by atoms with E-state index in [0.29, 0.717) is 18.7 Å². The first-order valence-electron chi connectivity index (χ1n) is 7.06. The highest BCUT2D eigenvalue weighted by molar-refractivity contribution is 7.13. The number of aromatic nitrogens is 2. The highest BCUT2D eigenvalue weighted by atomic mass is 32.1. The number of aryl methyl sites for hydroxylation is 1. The number of carbonyl (C=O) groups excluding carboxylic acids is 1. The number of amides is 1. The predicted molar refractivity (Wildman–Crippen MR) is 82.1 cm³/mol. The summed E-state index contributed by atoms with van der Waals surface area (Å²) in [6, 6.07) is 3.34. The molecule has 116 valence electrons. The standard InChI is InChI=1S/C14H16N4O3S/c1-16-12(4-5-15-16)10-3-2-6-17(8-10)14(19)11-7-13(18(20)21)22-9-11/h4-5,7,9-10H,2-3,6,8H2,1H3. The van der Waals surface area contributed by atoms with Crippen LogP contribution >= 0.6 is 11.3 Å². The maximum absolute atomic E-state index is 12.5. The van der Waals surface area contributed by atoms with Crippen LogP contribution in [0.1, 0.15) is 34.8 Å². The number of piperidine rings is 1. The molecule has 1 aliphatic rings. The molecule has 0 spiro atoms. The Morgan fingerprint density at radius 1 is 1.55 bits per heavy atom. The minimum Gasteiger partial charge on any atom is -0.338 e. The molecule has 1 amide bonds. The number of nitro groups is 1. The minimum atomic E-state index is -0.462. The van der Waals surface area contributed by atoms with Gasteiger partial charge in [-0.25, -0.2) is 0 Å². The van der Waals surface area contributed by atoms with Gasteiger partial charge in [-0.2, -0.15) is 5.10 Å². The molecule has 7 nitrogen and oxygen atoms in total. The van der Waals surface area contributed by atoms with Gasteiger partial charge in [-0.1, -0.05) is 11.3 Å². The molecular weight excluding hydrogens is 304 g/mol. The van der Waals surface area contributed by atoms with Crippen LogP contribution in [0.25, 0.3) is 0 Å². The first-order chi connectivity index (χ1) is 10.6. The molecule has 1 aliphatic heterocycles. The van der Waals surface area contributed by atoms with Crippen LogP contribution in [-0.2, 0) is 7.05 Å². The first-order valence-corrected chi connectivity index (χ1v) is 7.94. The van der Waals surface area contributed by atoms with E-state index in [1.807, 2.05) is 17.8 Å². The molecule has 1 unspecified atom stereocenters. The smallest absolute Gasteiger partial charge is 0.324 e. The molecule has 1 saturated heterocycles. The lowest BCUT2D eigenvalue weighted by atomic mass is 9.94. The van der Waals surface area contributed by atoms with E-state index < -0.39 is 4.92 Å². The highest BCUT2D eigenvalue weighted by Crippen LogP contribution is 2.29. The van der Waals surface area contributed by atoms with Crippen molar-refractivity contribution in [1.29, 1.82) is 0 Å². The molecule has 22 heavy (non-hydrogen) atoms. The van der Waals surface area contributed by atoms with Crippen LogP contribution < -0.4 is 0 Å². The van der Waals surface area contributed by atoms with Crippen molar-refractivity contribution in [1.82, 2.24) is 14.7 Å². The van der Waals surface area contributed by atoms with E-state index in [1.165, 1.54) is 6.07 Å². The normalized spacial score (nSPS) is 18.4. The molecule has 0 radical (unpaired) electrons. The van der Waals surface area contributed by atoms with Crippen LogP contribution in [0.5, 0.6) is 0 Å². The number of rotatable bonds is 3. The third-order valence-electron chi connectivity index (χ3n) is 4.00. The van der Waals surface area contributed by atoms with E-state index in [2.05, 4.69) is 5.10 Å². The van der Waals surface area contributed by atoms with Gasteiger partial charge in [0.15, 0.2) is 0 Å². The zero-order chi connectivity index (χ0) is 15.7. The average molecular weight is 320 g/mol. The number of nitrogens with zero attached hydrogens (tertiary/aromatic N) is 4. The molecular formula is C14H16N4O3S. The summed E-state index contributed by atoms with van der Waals surface area (Å²) in [5.74, 6) is 0.134. The Morgan fingerprint density at radius 3 is 3.00 bits per heavy atom. The van der Waals surface area contributed by atoms with Crippen molar-refractivity contribution >= 4 is 22.2 Å². The fraction of sp³-hybridized carbons (Fsp3) is 0.429. The van der Waals surface area contributed by atoms with Gasteiger partial charge in [-0.05, 0) is 18.9 Å². The summed E-state index contributed by atoms with van der Waals surface area (Å²) < 4.78 is 1.84. The largest absolute Gasteiger partial charge is 0.338 e. The molecule has 8 heteroatoms. The second-order valence-corrected chi connectivity index (χ2v) is 6.29. The van der Waals surface area contributed by atoms with Crippen molar-refractivity contribution in [2.75, 3.05) is 13.1 Å². The van der Waals surface area contributed by atoms with Crippen LogP contribution in [0.2, 0.25) is 0 Å². The van der Waals surface area contributed by atoms with Gasteiger partial charge >= 0.3 is 5.00 Å². The minimum absolute atomic E-state index is 0.00328. The van der Waals surface area contributed by atoms with E-state index in [-0.39, 0.29) is 16.8 Å². The van der Waals surface area contributed by atoms with E-state index in [0.717, 1.165) is 29.9 Å². The number of likely N-dealkylation sites (tertiary alicyclic amines) is 1. The lowest BCUT2D eigenvalue weighted by molar-refractivity contribution is -0.380. The van der Waals surface area contributed by atoms with Crippen LogP contribution in [0.3, 0.4) is 0 Å². The molecule has 0 aliphatic carbocycles. The van der Waals surface area contributed by atoms with Crippen molar-refractivity contribution in [3.8, 4) is 0 Å². The molecule has 3 heterocycles. The summed E-state index contributed by atoms with van der Waals surface area (Å²) in [6.07, 6.45) is 3.71. The topological polar surface area (TPSA) is 81.3 Å². The molecule has 0 bridgehead atoms. The van der Waals surface area contributed by atoms with Crippen molar-refractivity contribution in [3.05, 3.63) is 45.1 Å². The SMILES string of the molecule is Cn1nccc1C1CCCN(C(=O)c2csc([N+](=O)[O-])c2)C1. The summed E-state index contributed by atoms with van der Waals surface area (Å²) >= 11 is 0.990. The summed E-state index contributed by atoms with van der Waals surface area (Å²) in [5, 5.41) is 16.5.